The van der Waals surface area contributed by atoms with Gasteiger partial charge in [0, 0.05) is 34.1 Å². The van der Waals surface area contributed by atoms with Crippen LogP contribution < -0.4 is 7.16 Å². The molecule has 10 nitrogen and oxygen atoms in total. The Balaban J connectivity index is -0.0000000269. The zero-order valence-electron chi connectivity index (χ0n) is 19.2. The summed E-state index contributed by atoms with van der Waals surface area (Å²) in [6.45, 7) is 47.7. The molecular formula is C24H16Mn2N2O8Sn. The molecule has 0 saturated heterocycles. The van der Waals surface area contributed by atoms with E-state index in [0.717, 1.165) is 0 Å². The van der Waals surface area contributed by atoms with Crippen LogP contribution >= 0.6 is 0 Å². The summed E-state index contributed by atoms with van der Waals surface area (Å²) in [6, 6.07) is 21.6. The molecule has 0 aliphatic carbocycles. The Bertz CT molecular complexity index is 746. The van der Waals surface area contributed by atoms with Gasteiger partial charge in [-0.3, -0.25) is 0 Å². The number of nitrogens with zero attached hydrogens (tertiary/aromatic N) is 2. The minimum atomic E-state index is -0.517. The van der Waals surface area contributed by atoms with Crippen LogP contribution in [-0.4, -0.2) is 35.2 Å². The molecule has 0 atom stereocenters. The zero-order chi connectivity index (χ0) is 30.3. The van der Waals surface area contributed by atoms with Crippen molar-refractivity contribution in [3.8, 4) is 0 Å². The van der Waals surface area contributed by atoms with Gasteiger partial charge in [-0.15, -0.1) is 0 Å². The second-order valence-electron chi connectivity index (χ2n) is 3.30. The van der Waals surface area contributed by atoms with E-state index >= 15 is 0 Å². The molecule has 2 rings (SSSR count). The zero-order valence-corrected chi connectivity index (χ0v) is 24.4. The fraction of sp³-hybridized carbons (Fsp3) is 0.0833. The molecule has 37 heavy (non-hydrogen) atoms. The van der Waals surface area contributed by atoms with Crippen molar-refractivity contribution in [1.82, 2.24) is 0 Å². The van der Waals surface area contributed by atoms with E-state index in [9.17, 15) is 0 Å². The summed E-state index contributed by atoms with van der Waals surface area (Å²) in [6.07, 6.45) is 0. The Morgan fingerprint density at radius 2 is 0.568 bits per heavy atom. The molecule has 0 unspecified atom stereocenters. The fourth-order valence-electron chi connectivity index (χ4n) is 1.21. The van der Waals surface area contributed by atoms with E-state index in [-0.39, 0.29) is 34.1 Å². The van der Waals surface area contributed by atoms with Crippen LogP contribution in [0.2, 0.25) is 0 Å². The van der Waals surface area contributed by atoms with Crippen molar-refractivity contribution >= 4 is 28.3 Å². The van der Waals surface area contributed by atoms with Crippen molar-refractivity contribution in [3.63, 3.8) is 0 Å². The summed E-state index contributed by atoms with van der Waals surface area (Å²) in [5, 5.41) is 0. The van der Waals surface area contributed by atoms with Gasteiger partial charge >= 0.3 is 179 Å². The Morgan fingerprint density at radius 1 is 0.432 bits per heavy atom. The van der Waals surface area contributed by atoms with Gasteiger partial charge in [0.05, 0.1) is 0 Å². The predicted molar refractivity (Wildman–Crippen MR) is 114 cm³/mol. The van der Waals surface area contributed by atoms with Crippen molar-refractivity contribution in [2.24, 2.45) is 0 Å². The van der Waals surface area contributed by atoms with Gasteiger partial charge in [-0.25, -0.2) is 13.1 Å². The molecular weight excluding hydrogens is 673 g/mol. The van der Waals surface area contributed by atoms with Gasteiger partial charge in [-0.05, 0) is 0 Å². The Kier molecular flexibility index (Phi) is 248. The molecule has 13 heteroatoms. The second kappa shape index (κ2) is 131. The van der Waals surface area contributed by atoms with Gasteiger partial charge in [0.2, 0.25) is 14.1 Å². The van der Waals surface area contributed by atoms with E-state index in [1.54, 1.807) is 0 Å². The minimum absolute atomic E-state index is 0. The maximum atomic E-state index is 7.50. The van der Waals surface area contributed by atoms with E-state index in [2.05, 4.69) is 124 Å². The molecule has 0 aromatic heterocycles. The Labute approximate surface area is 249 Å². The second-order valence-corrected chi connectivity index (χ2v) is 7.31. The van der Waals surface area contributed by atoms with Crippen LogP contribution in [0.5, 0.6) is 0 Å². The van der Waals surface area contributed by atoms with Gasteiger partial charge in [0.25, 0.3) is 0 Å². The maximum absolute atomic E-state index is 7.50. The Morgan fingerprint density at radius 3 is 0.703 bits per heavy atom. The molecule has 2 aromatic rings. The molecule has 0 N–H and O–H groups in total. The molecule has 0 amide bonds. The molecule has 0 spiro atoms. The molecule has 188 valence electrons. The molecule has 4 radical (unpaired) electrons. The van der Waals surface area contributed by atoms with Crippen LogP contribution in [0.1, 0.15) is 0 Å². The average Bonchev–Trinajstić information content (AvgIpc) is 2.99. The van der Waals surface area contributed by atoms with Gasteiger partial charge < -0.3 is 9.69 Å². The van der Waals surface area contributed by atoms with Crippen molar-refractivity contribution in [2.75, 3.05) is 14.1 Å². The van der Waals surface area contributed by atoms with Crippen LogP contribution in [0.15, 0.2) is 60.7 Å². The molecule has 0 bridgehead atoms. The first kappa shape index (κ1) is 70.0. The summed E-state index contributed by atoms with van der Waals surface area (Å²) >= 11 is -0.517. The molecule has 0 heterocycles. The summed E-state index contributed by atoms with van der Waals surface area (Å²) in [7, 11) is 2.83. The van der Waals surface area contributed by atoms with Crippen LogP contribution in [0.3, 0.4) is 0 Å². The van der Waals surface area contributed by atoms with Crippen LogP contribution in [-0.2, 0) is 71.4 Å². The number of rotatable bonds is 2. The Hall–Kier alpha value is -2.82. The van der Waals surface area contributed by atoms with Crippen molar-refractivity contribution in [1.29, 1.82) is 0 Å². The van der Waals surface area contributed by atoms with E-state index in [1.807, 2.05) is 0 Å². The van der Waals surface area contributed by atoms with Gasteiger partial charge in [0.1, 0.15) is 0 Å². The monoisotopic (exact) mass is 690 g/mol. The van der Waals surface area contributed by atoms with Gasteiger partial charge in [-0.1, -0.05) is 0 Å². The first-order valence-electron chi connectivity index (χ1n) is 7.30. The summed E-state index contributed by atoms with van der Waals surface area (Å²) in [5.41, 5.74) is 0. The number of hydrogen-bond acceptors (Lipinski definition) is 0. The standard InChI is InChI=1S/2C6H5.2C2H3N.8CO.2Mn.Sn/c2*1-2-4-6-5-3-1;2*1-3-2;8*1-2;;;/h2*1-5H;2*1H3;;;;;;;;;;;. The summed E-state index contributed by atoms with van der Waals surface area (Å²) < 4.78 is 63.1. The molecule has 2 aromatic carbocycles. The van der Waals surface area contributed by atoms with Crippen LogP contribution in [0.25, 0.3) is 9.69 Å². The third kappa shape index (κ3) is 109. The quantitative estimate of drug-likeness (QED) is 0.256. The average molecular weight is 689 g/mol. The van der Waals surface area contributed by atoms with E-state index in [1.165, 1.54) is 21.3 Å². The van der Waals surface area contributed by atoms with Gasteiger partial charge in [-0.2, -0.15) is 0 Å². The van der Waals surface area contributed by atoms with Crippen molar-refractivity contribution in [2.45, 2.75) is 0 Å². The topological polar surface area (TPSA) is 168 Å². The summed E-state index contributed by atoms with van der Waals surface area (Å²) in [4.78, 5) is 5.50. The molecule has 0 aliphatic heterocycles. The molecule has 0 fully saturated rings. The SMILES string of the molecule is [C-]#[N+]C.[C-]#[N+]C.[C-]#[O+].[C-]#[O+].[C-]#[O+].[C-]#[O+].[C-]#[O+].[C-]#[O+].[C-]#[O+].[C-]#[O+].[Mn].[Mn].c1cc[c]([Sn][c]2ccccc2)cc1. The number of benzene rings is 2. The van der Waals surface area contributed by atoms with Crippen molar-refractivity contribution in [3.05, 3.63) is 137 Å². The van der Waals surface area contributed by atoms with E-state index in [0.29, 0.717) is 0 Å². The van der Waals surface area contributed by atoms with Crippen LogP contribution in [0, 0.1) is 66.3 Å². The third-order valence-electron chi connectivity index (χ3n) is 1.84. The third-order valence-corrected chi connectivity index (χ3v) is 5.39. The van der Waals surface area contributed by atoms with E-state index < -0.39 is 21.1 Å². The predicted octanol–water partition coefficient (Wildman–Crippen LogP) is 2.11. The summed E-state index contributed by atoms with van der Waals surface area (Å²) in [5.74, 6) is 0. The van der Waals surface area contributed by atoms with Crippen molar-refractivity contribution < 1.29 is 71.4 Å². The van der Waals surface area contributed by atoms with Crippen LogP contribution in [0.4, 0.5) is 0 Å². The first-order chi connectivity index (χ1) is 17.3. The number of hydrogen-bond donors (Lipinski definition) is 0. The first-order valence-corrected chi connectivity index (χ1v) is 10.2. The van der Waals surface area contributed by atoms with Gasteiger partial charge in [0.15, 0.2) is 0 Å². The molecule has 0 aliphatic rings. The molecule has 0 saturated carbocycles. The van der Waals surface area contributed by atoms with E-state index in [4.69, 9.17) is 50.4 Å². The normalized spacial score (nSPS) is 4.32. The fourth-order valence-corrected chi connectivity index (χ4v) is 4.21.